The van der Waals surface area contributed by atoms with E-state index >= 15 is 0 Å². The van der Waals surface area contributed by atoms with E-state index in [1.807, 2.05) is 6.07 Å². The summed E-state index contributed by atoms with van der Waals surface area (Å²) in [5.74, 6) is -0.415. The summed E-state index contributed by atoms with van der Waals surface area (Å²) >= 11 is 5.83. The Labute approximate surface area is 139 Å². The molecule has 118 valence electrons. The van der Waals surface area contributed by atoms with Gasteiger partial charge in [-0.1, -0.05) is 23.7 Å². The topological polar surface area (TPSA) is 51.2 Å². The van der Waals surface area contributed by atoms with E-state index in [4.69, 9.17) is 11.6 Å². The zero-order chi connectivity index (χ0) is 15.2. The molecule has 1 aromatic heterocycles. The molecule has 1 N–H and O–H groups in total. The second-order valence-electron chi connectivity index (χ2n) is 4.33. The molecule has 0 amide bonds. The lowest BCUT2D eigenvalue weighted by atomic mass is 10.1. The number of carbonyl (C=O) groups excluding carboxylic acids is 1. The Morgan fingerprint density at radius 3 is 2.82 bits per heavy atom. The largest absolute Gasteiger partial charge is 0.465 e. The Hall–Kier alpha value is -1.85. The molecule has 0 aliphatic rings. The van der Waals surface area contributed by atoms with Gasteiger partial charge in [-0.3, -0.25) is 0 Å². The van der Waals surface area contributed by atoms with Crippen LogP contribution in [0.1, 0.15) is 15.9 Å². The molecule has 22 heavy (non-hydrogen) atoms. The molecule has 0 saturated heterocycles. The van der Waals surface area contributed by atoms with E-state index in [0.29, 0.717) is 24.3 Å². The molecule has 0 bridgehead atoms. The van der Waals surface area contributed by atoms with E-state index in [1.54, 1.807) is 12.1 Å². The maximum Gasteiger partial charge on any atom is 0.341 e. The van der Waals surface area contributed by atoms with Gasteiger partial charge >= 0.3 is 5.97 Å². The van der Waals surface area contributed by atoms with Crippen LogP contribution in [0.3, 0.4) is 0 Å². The fourth-order valence-corrected chi connectivity index (χ4v) is 2.01. The van der Waals surface area contributed by atoms with Crippen molar-refractivity contribution in [2.24, 2.45) is 0 Å². The summed E-state index contributed by atoms with van der Waals surface area (Å²) in [6.45, 7) is 0.487. The zero-order valence-electron chi connectivity index (χ0n) is 11.8. The lowest BCUT2D eigenvalue weighted by Gasteiger charge is -2.10. The van der Waals surface area contributed by atoms with Crippen molar-refractivity contribution in [3.05, 3.63) is 58.5 Å². The quantitative estimate of drug-likeness (QED) is 0.663. The average molecular weight is 345 g/mol. The van der Waals surface area contributed by atoms with Gasteiger partial charge in [0.2, 0.25) is 0 Å². The molecule has 2 rings (SSSR count). The number of hydrogen-bond acceptors (Lipinski definition) is 4. The molecule has 0 unspecified atom stereocenters. The van der Waals surface area contributed by atoms with Crippen molar-refractivity contribution in [3.63, 3.8) is 0 Å². The normalized spacial score (nSPS) is 9.77. The van der Waals surface area contributed by atoms with Gasteiger partial charge in [-0.15, -0.1) is 12.4 Å². The van der Waals surface area contributed by atoms with Crippen molar-refractivity contribution in [1.82, 2.24) is 4.98 Å². The number of carbonyl (C=O) groups is 1. The number of methoxy groups -OCH3 is 1. The van der Waals surface area contributed by atoms with Crippen molar-refractivity contribution in [3.8, 4) is 0 Å². The summed E-state index contributed by atoms with van der Waals surface area (Å²) in [6, 6.07) is 9.41. The highest BCUT2D eigenvalue weighted by Gasteiger charge is 2.13. The fourth-order valence-electron chi connectivity index (χ4n) is 1.86. The van der Waals surface area contributed by atoms with Gasteiger partial charge in [-0.05, 0) is 36.2 Å². The van der Waals surface area contributed by atoms with Gasteiger partial charge in [0.1, 0.15) is 22.4 Å². The first kappa shape index (κ1) is 18.2. The van der Waals surface area contributed by atoms with Crippen molar-refractivity contribution in [1.29, 1.82) is 0 Å². The third-order valence-corrected chi connectivity index (χ3v) is 3.07. The van der Waals surface area contributed by atoms with Crippen LogP contribution >= 0.6 is 24.0 Å². The van der Waals surface area contributed by atoms with Crippen LogP contribution in [0.25, 0.3) is 0 Å². The average Bonchev–Trinajstić information content (AvgIpc) is 2.47. The van der Waals surface area contributed by atoms with E-state index in [1.165, 1.54) is 25.3 Å². The Kier molecular flexibility index (Phi) is 7.08. The zero-order valence-corrected chi connectivity index (χ0v) is 13.4. The number of pyridine rings is 1. The number of ether oxygens (including phenoxy) is 1. The van der Waals surface area contributed by atoms with E-state index in [2.05, 4.69) is 15.0 Å². The van der Waals surface area contributed by atoms with Crippen LogP contribution in [0, 0.1) is 5.82 Å². The first-order valence-corrected chi connectivity index (χ1v) is 6.71. The molecule has 0 fully saturated rings. The number of nitrogens with zero attached hydrogens (tertiary/aromatic N) is 1. The highest BCUT2D eigenvalue weighted by molar-refractivity contribution is 6.29. The van der Waals surface area contributed by atoms with Crippen molar-refractivity contribution >= 4 is 35.8 Å². The summed E-state index contributed by atoms with van der Waals surface area (Å²) < 4.78 is 17.8. The van der Waals surface area contributed by atoms with Crippen LogP contribution < -0.4 is 5.32 Å². The number of anilines is 1. The van der Waals surface area contributed by atoms with Crippen LogP contribution in [0.15, 0.2) is 36.4 Å². The standard InChI is InChI=1S/C15H14ClFN2O2.ClH/c1-21-15(20)12-5-6-13(16)19-14(12)18-8-7-10-3-2-4-11(17)9-10;/h2-6,9H,7-8H2,1H3,(H,18,19);1H. The molecule has 2 aromatic rings. The molecule has 0 atom stereocenters. The number of esters is 1. The monoisotopic (exact) mass is 344 g/mol. The minimum absolute atomic E-state index is 0. The molecule has 0 radical (unpaired) electrons. The molecular weight excluding hydrogens is 330 g/mol. The highest BCUT2D eigenvalue weighted by Crippen LogP contribution is 2.17. The predicted molar refractivity (Wildman–Crippen MR) is 86.4 cm³/mol. The minimum atomic E-state index is -0.493. The van der Waals surface area contributed by atoms with Crippen LogP contribution in [0.5, 0.6) is 0 Å². The Bertz CT molecular complexity index is 653. The van der Waals surface area contributed by atoms with Gasteiger partial charge in [-0.25, -0.2) is 14.2 Å². The van der Waals surface area contributed by atoms with Gasteiger partial charge in [-0.2, -0.15) is 0 Å². The first-order chi connectivity index (χ1) is 10.1. The molecule has 4 nitrogen and oxygen atoms in total. The maximum absolute atomic E-state index is 13.1. The molecule has 1 heterocycles. The number of benzene rings is 1. The molecule has 7 heteroatoms. The van der Waals surface area contributed by atoms with E-state index in [0.717, 1.165) is 5.56 Å². The molecule has 0 aliphatic heterocycles. The van der Waals surface area contributed by atoms with Gasteiger partial charge in [0, 0.05) is 6.54 Å². The summed E-state index contributed by atoms with van der Waals surface area (Å²) in [5.41, 5.74) is 1.16. The van der Waals surface area contributed by atoms with Crippen molar-refractivity contribution < 1.29 is 13.9 Å². The van der Waals surface area contributed by atoms with Gasteiger partial charge < -0.3 is 10.1 Å². The molecule has 0 aliphatic carbocycles. The Balaban J connectivity index is 0.00000242. The smallest absolute Gasteiger partial charge is 0.341 e. The molecule has 0 spiro atoms. The SMILES string of the molecule is COC(=O)c1ccc(Cl)nc1NCCc1cccc(F)c1.Cl. The fraction of sp³-hybridized carbons (Fsp3) is 0.200. The number of halogens is 3. The lowest BCUT2D eigenvalue weighted by Crippen LogP contribution is -2.12. The van der Waals surface area contributed by atoms with E-state index in [9.17, 15) is 9.18 Å². The summed E-state index contributed by atoms with van der Waals surface area (Å²) in [7, 11) is 1.30. The Morgan fingerprint density at radius 2 is 2.14 bits per heavy atom. The van der Waals surface area contributed by atoms with E-state index < -0.39 is 5.97 Å². The maximum atomic E-state index is 13.1. The third kappa shape index (κ3) is 4.86. The number of hydrogen-bond donors (Lipinski definition) is 1. The third-order valence-electron chi connectivity index (χ3n) is 2.86. The molecular formula is C15H15Cl2FN2O2. The van der Waals surface area contributed by atoms with Gasteiger partial charge in [0.15, 0.2) is 0 Å². The van der Waals surface area contributed by atoms with Gasteiger partial charge in [0.05, 0.1) is 7.11 Å². The number of aromatic nitrogens is 1. The van der Waals surface area contributed by atoms with Crippen LogP contribution in [-0.4, -0.2) is 24.6 Å². The van der Waals surface area contributed by atoms with Gasteiger partial charge in [0.25, 0.3) is 0 Å². The lowest BCUT2D eigenvalue weighted by molar-refractivity contribution is 0.0601. The van der Waals surface area contributed by atoms with Crippen LogP contribution in [-0.2, 0) is 11.2 Å². The van der Waals surface area contributed by atoms with Crippen LogP contribution in [0.2, 0.25) is 5.15 Å². The number of rotatable bonds is 5. The van der Waals surface area contributed by atoms with Crippen molar-refractivity contribution in [2.45, 2.75) is 6.42 Å². The molecule has 0 saturated carbocycles. The summed E-state index contributed by atoms with van der Waals surface area (Å²) in [5, 5.41) is 3.29. The second-order valence-corrected chi connectivity index (χ2v) is 4.72. The summed E-state index contributed by atoms with van der Waals surface area (Å²) in [6.07, 6.45) is 0.590. The Morgan fingerprint density at radius 1 is 1.36 bits per heavy atom. The second kappa shape index (κ2) is 8.56. The predicted octanol–water partition coefficient (Wildman–Crippen LogP) is 3.74. The minimum Gasteiger partial charge on any atom is -0.465 e. The van der Waals surface area contributed by atoms with Crippen molar-refractivity contribution in [2.75, 3.05) is 19.0 Å². The highest BCUT2D eigenvalue weighted by atomic mass is 35.5. The van der Waals surface area contributed by atoms with Crippen LogP contribution in [0.4, 0.5) is 10.2 Å². The summed E-state index contributed by atoms with van der Waals surface area (Å²) in [4.78, 5) is 15.7. The van der Waals surface area contributed by atoms with E-state index in [-0.39, 0.29) is 23.4 Å². The number of nitrogens with one attached hydrogen (secondary N) is 1. The first-order valence-electron chi connectivity index (χ1n) is 6.33. The molecule has 1 aromatic carbocycles.